The van der Waals surface area contributed by atoms with Gasteiger partial charge in [0.05, 0.1) is 7.14 Å². The maximum Gasteiger partial charge on any atom is 0.143 e. The first-order chi connectivity index (χ1) is 5.46. The van der Waals surface area contributed by atoms with E-state index in [2.05, 4.69) is 99.6 Å². The van der Waals surface area contributed by atoms with Crippen LogP contribution in [0.5, 0.6) is 5.75 Å². The maximum absolute atomic E-state index is 9.66. The highest BCUT2D eigenvalue weighted by Crippen LogP contribution is 2.32. The zero-order valence-corrected chi connectivity index (χ0v) is 15.3. The van der Waals surface area contributed by atoms with Crippen LogP contribution in [0.15, 0.2) is 0 Å². The van der Waals surface area contributed by atoms with Crippen LogP contribution in [0.3, 0.4) is 0 Å². The van der Waals surface area contributed by atoms with Gasteiger partial charge in [-0.1, -0.05) is 0 Å². The van der Waals surface area contributed by atoms with Crippen molar-refractivity contribution in [1.82, 2.24) is 0 Å². The highest BCUT2D eigenvalue weighted by atomic mass is 127. The van der Waals surface area contributed by atoms with Crippen molar-refractivity contribution in [3.8, 4) is 5.75 Å². The fourth-order valence-corrected chi connectivity index (χ4v) is 4.93. The molecule has 0 aliphatic heterocycles. The van der Waals surface area contributed by atoms with Crippen molar-refractivity contribution >= 4 is 105 Å². The van der Waals surface area contributed by atoms with Crippen LogP contribution in [0.4, 0.5) is 0 Å². The van der Waals surface area contributed by atoms with Crippen molar-refractivity contribution in [2.24, 2.45) is 0 Å². The van der Waals surface area contributed by atoms with Crippen molar-refractivity contribution in [2.75, 3.05) is 0 Å². The maximum atomic E-state index is 9.66. The quantitative estimate of drug-likeness (QED) is 0.202. The van der Waals surface area contributed by atoms with Gasteiger partial charge >= 0.3 is 0 Å². The highest BCUT2D eigenvalue weighted by Gasteiger charge is 2.14. The molecular weight excluding hydrogens is 627 g/mol. The molecule has 0 amide bonds. The fraction of sp³-hybridized carbons (Fsp3) is 0. The first-order valence-electron chi connectivity index (χ1n) is 2.77. The smallest absolute Gasteiger partial charge is 0.143 e. The van der Waals surface area contributed by atoms with E-state index in [1.807, 2.05) is 0 Å². The zero-order valence-electron chi connectivity index (χ0n) is 5.54. The van der Waals surface area contributed by atoms with Gasteiger partial charge in [0.2, 0.25) is 0 Å². The minimum absolute atomic E-state index is 0.394. The van der Waals surface area contributed by atoms with E-state index in [0.717, 1.165) is 16.0 Å². The zero-order chi connectivity index (χ0) is 9.46. The van der Waals surface area contributed by atoms with E-state index in [4.69, 9.17) is 0 Å². The summed E-state index contributed by atoms with van der Waals surface area (Å²) >= 11 is 8.85. The summed E-state index contributed by atoms with van der Waals surface area (Å²) in [5, 5.41) is 10.7. The molecule has 1 unspecified atom stereocenters. The Morgan fingerprint density at radius 2 is 1.33 bits per heavy atom. The molecular formula is C6H3I4OP. The average Bonchev–Trinajstić information content (AvgIpc) is 2.08. The largest absolute Gasteiger partial charge is 0.506 e. The van der Waals surface area contributed by atoms with Crippen molar-refractivity contribution in [1.29, 1.82) is 0 Å². The third-order valence-corrected chi connectivity index (χ3v) is 9.43. The summed E-state index contributed by atoms with van der Waals surface area (Å²) in [7, 11) is 2.65. The van der Waals surface area contributed by atoms with Crippen LogP contribution in [0.1, 0.15) is 0 Å². The number of aromatic hydroxyl groups is 1. The molecule has 1 aromatic carbocycles. The van der Waals surface area contributed by atoms with E-state index < -0.39 is 0 Å². The number of hydrogen-bond donors (Lipinski definition) is 1. The Labute approximate surface area is 128 Å². The molecule has 12 heavy (non-hydrogen) atoms. The van der Waals surface area contributed by atoms with E-state index >= 15 is 0 Å². The molecule has 0 aliphatic rings. The molecule has 0 saturated carbocycles. The molecule has 0 radical (unpaired) electrons. The predicted molar refractivity (Wildman–Crippen MR) is 88.3 cm³/mol. The van der Waals surface area contributed by atoms with Gasteiger partial charge in [-0.2, -0.15) is 0 Å². The summed E-state index contributed by atoms with van der Waals surface area (Å²) in [4.78, 5) is 0. The molecule has 1 atom stereocenters. The Hall–Kier alpha value is 2.37. The van der Waals surface area contributed by atoms with Gasteiger partial charge in [0, 0.05) is 12.4 Å². The molecule has 0 spiro atoms. The fourth-order valence-electron chi connectivity index (χ4n) is 0.639. The van der Waals surface area contributed by atoms with Gasteiger partial charge in [-0.15, -0.1) is 9.24 Å². The summed E-state index contributed by atoms with van der Waals surface area (Å²) in [6.45, 7) is 0. The van der Waals surface area contributed by atoms with Crippen LogP contribution < -0.4 is 5.30 Å². The monoisotopic (exact) mass is 630 g/mol. The lowest BCUT2D eigenvalue weighted by Crippen LogP contribution is -2.07. The molecule has 0 heterocycles. The molecule has 0 aliphatic carbocycles. The van der Waals surface area contributed by atoms with Crippen LogP contribution in [-0.2, 0) is 0 Å². The first kappa shape index (κ1) is 12.4. The van der Waals surface area contributed by atoms with Crippen molar-refractivity contribution in [2.45, 2.75) is 0 Å². The number of phenols is 1. The minimum Gasteiger partial charge on any atom is -0.506 e. The lowest BCUT2D eigenvalue weighted by Gasteiger charge is -2.09. The van der Waals surface area contributed by atoms with Gasteiger partial charge in [0.15, 0.2) is 0 Å². The standard InChI is InChI=1S/C6H3I4OP/c7-1-2(8)5(11)4(10)6(12)3(1)9/h11H,12H2. The van der Waals surface area contributed by atoms with Gasteiger partial charge in [-0.05, 0) is 90.4 Å². The number of rotatable bonds is 0. The highest BCUT2D eigenvalue weighted by molar-refractivity contribution is 14.1. The lowest BCUT2D eigenvalue weighted by atomic mass is 10.3. The third kappa shape index (κ3) is 2.30. The molecule has 0 saturated heterocycles. The molecule has 66 valence electrons. The normalized spacial score (nSPS) is 10.4. The van der Waals surface area contributed by atoms with Gasteiger partial charge < -0.3 is 5.11 Å². The van der Waals surface area contributed by atoms with Crippen molar-refractivity contribution in [3.05, 3.63) is 14.3 Å². The summed E-state index contributed by atoms with van der Waals surface area (Å²) in [6, 6.07) is 0. The number of benzene rings is 1. The Morgan fingerprint density at radius 1 is 0.833 bits per heavy atom. The van der Waals surface area contributed by atoms with E-state index in [1.54, 1.807) is 0 Å². The molecule has 0 aromatic heterocycles. The topological polar surface area (TPSA) is 20.2 Å². The van der Waals surface area contributed by atoms with Crippen LogP contribution in [0.25, 0.3) is 0 Å². The van der Waals surface area contributed by atoms with Crippen molar-refractivity contribution < 1.29 is 5.11 Å². The summed E-state index contributed by atoms with van der Waals surface area (Å²) in [6.07, 6.45) is 0. The number of halogens is 4. The number of hydrogen-bond acceptors (Lipinski definition) is 1. The second-order valence-electron chi connectivity index (χ2n) is 2.02. The number of phenolic OH excluding ortho intramolecular Hbond substituents is 1. The Morgan fingerprint density at radius 3 is 1.83 bits per heavy atom. The van der Waals surface area contributed by atoms with Crippen molar-refractivity contribution in [3.63, 3.8) is 0 Å². The van der Waals surface area contributed by atoms with Gasteiger partial charge in [-0.3, -0.25) is 0 Å². The third-order valence-electron chi connectivity index (χ3n) is 1.27. The van der Waals surface area contributed by atoms with E-state index in [-0.39, 0.29) is 0 Å². The predicted octanol–water partition coefficient (Wildman–Crippen LogP) is 3.31. The second-order valence-corrected chi connectivity index (χ2v) is 6.91. The SMILES string of the molecule is Oc1c(I)c(P)c(I)c(I)c1I. The first-order valence-corrected chi connectivity index (χ1v) is 7.66. The van der Waals surface area contributed by atoms with E-state index in [0.29, 0.717) is 5.75 Å². The van der Waals surface area contributed by atoms with Gasteiger partial charge in [-0.25, -0.2) is 0 Å². The molecule has 0 fully saturated rings. The summed E-state index contributed by atoms with van der Waals surface area (Å²) in [5.74, 6) is 0.394. The molecule has 1 aromatic rings. The van der Waals surface area contributed by atoms with E-state index in [1.165, 1.54) is 3.57 Å². The Kier molecular flexibility index (Phi) is 5.11. The second kappa shape index (κ2) is 4.93. The van der Waals surface area contributed by atoms with E-state index in [9.17, 15) is 5.11 Å². The molecule has 1 rings (SSSR count). The molecule has 0 bridgehead atoms. The Bertz CT molecular complexity index is 234. The van der Waals surface area contributed by atoms with Crippen LogP contribution in [0, 0.1) is 14.3 Å². The lowest BCUT2D eigenvalue weighted by molar-refractivity contribution is 0.467. The van der Waals surface area contributed by atoms with Crippen LogP contribution >= 0.6 is 99.6 Å². The minimum atomic E-state index is 0.394. The van der Waals surface area contributed by atoms with Gasteiger partial charge in [0.1, 0.15) is 5.75 Å². The molecule has 1 nitrogen and oxygen atoms in total. The van der Waals surface area contributed by atoms with Crippen LogP contribution in [-0.4, -0.2) is 5.11 Å². The summed E-state index contributed by atoms with van der Waals surface area (Å²) in [5.41, 5.74) is 0. The molecule has 1 N–H and O–H groups in total. The average molecular weight is 630 g/mol. The van der Waals surface area contributed by atoms with Crippen LogP contribution in [0.2, 0.25) is 0 Å². The molecule has 6 heteroatoms. The Balaban J connectivity index is 3.60. The van der Waals surface area contributed by atoms with Gasteiger partial charge in [0.25, 0.3) is 0 Å². The summed E-state index contributed by atoms with van der Waals surface area (Å²) < 4.78 is 4.18.